The van der Waals surface area contributed by atoms with Gasteiger partial charge in [-0.3, -0.25) is 4.79 Å². The zero-order valence-electron chi connectivity index (χ0n) is 14.3. The molecule has 24 heavy (non-hydrogen) atoms. The van der Waals surface area contributed by atoms with Gasteiger partial charge < -0.3 is 9.64 Å². The lowest BCUT2D eigenvalue weighted by Crippen LogP contribution is -2.42. The number of aromatic nitrogens is 3. The molecule has 1 fully saturated rings. The summed E-state index contributed by atoms with van der Waals surface area (Å²) in [5, 5.41) is 4.07. The van der Waals surface area contributed by atoms with E-state index in [-0.39, 0.29) is 11.9 Å². The van der Waals surface area contributed by atoms with Crippen molar-refractivity contribution in [3.05, 3.63) is 42.5 Å². The van der Waals surface area contributed by atoms with Crippen LogP contribution in [0.15, 0.2) is 36.9 Å². The number of ether oxygens (including phenoxy) is 1. The van der Waals surface area contributed by atoms with Crippen LogP contribution in [-0.4, -0.2) is 45.8 Å². The van der Waals surface area contributed by atoms with Crippen LogP contribution in [0.25, 0.3) is 0 Å². The quantitative estimate of drug-likeness (QED) is 0.845. The van der Waals surface area contributed by atoms with Gasteiger partial charge in [0.05, 0.1) is 7.11 Å². The first-order valence-corrected chi connectivity index (χ1v) is 8.44. The van der Waals surface area contributed by atoms with Crippen molar-refractivity contribution in [3.63, 3.8) is 0 Å². The summed E-state index contributed by atoms with van der Waals surface area (Å²) >= 11 is 0. The molecule has 1 saturated heterocycles. The average Bonchev–Trinajstić information content (AvgIpc) is 3.16. The number of nitrogens with zero attached hydrogens (tertiary/aromatic N) is 4. The maximum atomic E-state index is 12.6. The summed E-state index contributed by atoms with van der Waals surface area (Å²) in [6, 6.07) is 7.89. The number of hydrogen-bond donors (Lipinski definition) is 0. The van der Waals surface area contributed by atoms with Crippen LogP contribution < -0.4 is 4.74 Å². The first-order chi connectivity index (χ1) is 11.7. The predicted molar refractivity (Wildman–Crippen MR) is 90.7 cm³/mol. The zero-order chi connectivity index (χ0) is 16.9. The highest BCUT2D eigenvalue weighted by molar-refractivity contribution is 5.80. The summed E-state index contributed by atoms with van der Waals surface area (Å²) in [4.78, 5) is 18.4. The van der Waals surface area contributed by atoms with Gasteiger partial charge in [-0.2, -0.15) is 5.10 Å². The number of likely N-dealkylation sites (tertiary alicyclic amines) is 1. The molecule has 0 radical (unpaired) electrons. The Hall–Kier alpha value is -2.37. The minimum absolute atomic E-state index is 0.122. The molecule has 0 bridgehead atoms. The summed E-state index contributed by atoms with van der Waals surface area (Å²) in [5.74, 6) is 1.67. The Labute approximate surface area is 142 Å². The van der Waals surface area contributed by atoms with Gasteiger partial charge in [-0.1, -0.05) is 18.2 Å². The molecule has 1 aromatic carbocycles. The number of carbonyl (C=O) groups excluding carboxylic acids is 1. The van der Waals surface area contributed by atoms with Crippen molar-refractivity contribution in [1.82, 2.24) is 19.7 Å². The van der Waals surface area contributed by atoms with E-state index in [1.807, 2.05) is 24.0 Å². The topological polar surface area (TPSA) is 60.2 Å². The number of hydrogen-bond acceptors (Lipinski definition) is 4. The SMILES string of the molecule is COc1ccccc1CC1CCN(C(=O)[C@@H](C)n2cncn2)CC1. The molecule has 6 nitrogen and oxygen atoms in total. The van der Waals surface area contributed by atoms with Crippen LogP contribution in [0.2, 0.25) is 0 Å². The maximum Gasteiger partial charge on any atom is 0.247 e. The van der Waals surface area contributed by atoms with E-state index >= 15 is 0 Å². The number of benzene rings is 1. The Kier molecular flexibility index (Phi) is 5.13. The maximum absolute atomic E-state index is 12.6. The lowest BCUT2D eigenvalue weighted by molar-refractivity contribution is -0.136. The van der Waals surface area contributed by atoms with Crippen LogP contribution in [0, 0.1) is 5.92 Å². The molecule has 3 rings (SSSR count). The standard InChI is InChI=1S/C18H24N4O2/c1-14(22-13-19-12-20-22)18(23)21-9-7-15(8-10-21)11-16-5-3-4-6-17(16)24-2/h3-6,12-15H,7-11H2,1-2H3/t14-/m1/s1. The Bertz CT molecular complexity index is 663. The molecule has 0 saturated carbocycles. The summed E-state index contributed by atoms with van der Waals surface area (Å²) in [6.45, 7) is 3.48. The minimum atomic E-state index is -0.293. The fourth-order valence-electron chi connectivity index (χ4n) is 3.33. The largest absolute Gasteiger partial charge is 0.496 e. The van der Waals surface area contributed by atoms with E-state index in [2.05, 4.69) is 22.2 Å². The second-order valence-corrected chi connectivity index (χ2v) is 6.34. The van der Waals surface area contributed by atoms with E-state index in [0.717, 1.165) is 38.1 Å². The molecule has 1 aliphatic heterocycles. The number of amides is 1. The van der Waals surface area contributed by atoms with Crippen molar-refractivity contribution in [1.29, 1.82) is 0 Å². The van der Waals surface area contributed by atoms with Gasteiger partial charge in [0.25, 0.3) is 0 Å². The molecule has 2 heterocycles. The summed E-state index contributed by atoms with van der Waals surface area (Å²) in [7, 11) is 1.71. The predicted octanol–water partition coefficient (Wildman–Crippen LogP) is 2.33. The lowest BCUT2D eigenvalue weighted by Gasteiger charge is -2.33. The molecule has 6 heteroatoms. The van der Waals surface area contributed by atoms with E-state index in [0.29, 0.717) is 5.92 Å². The Morgan fingerprint density at radius 1 is 1.33 bits per heavy atom. The fraction of sp³-hybridized carbons (Fsp3) is 0.500. The van der Waals surface area contributed by atoms with Crippen LogP contribution in [0.5, 0.6) is 5.75 Å². The Morgan fingerprint density at radius 2 is 2.08 bits per heavy atom. The number of piperidine rings is 1. The number of para-hydroxylation sites is 1. The fourth-order valence-corrected chi connectivity index (χ4v) is 3.33. The van der Waals surface area contributed by atoms with Gasteiger partial charge in [0.1, 0.15) is 24.4 Å². The highest BCUT2D eigenvalue weighted by Crippen LogP contribution is 2.27. The van der Waals surface area contributed by atoms with Crippen molar-refractivity contribution < 1.29 is 9.53 Å². The molecule has 2 aromatic rings. The summed E-state index contributed by atoms with van der Waals surface area (Å²) in [5.41, 5.74) is 1.25. The normalized spacial score (nSPS) is 16.8. The molecule has 0 unspecified atom stereocenters. The number of methoxy groups -OCH3 is 1. The van der Waals surface area contributed by atoms with Crippen molar-refractivity contribution in [2.24, 2.45) is 5.92 Å². The number of carbonyl (C=O) groups is 1. The van der Waals surface area contributed by atoms with Crippen molar-refractivity contribution in [2.75, 3.05) is 20.2 Å². The van der Waals surface area contributed by atoms with E-state index in [9.17, 15) is 4.79 Å². The van der Waals surface area contributed by atoms with Gasteiger partial charge in [0.15, 0.2) is 0 Å². The second-order valence-electron chi connectivity index (χ2n) is 6.34. The van der Waals surface area contributed by atoms with E-state index in [1.165, 1.54) is 11.9 Å². The zero-order valence-corrected chi connectivity index (χ0v) is 14.3. The van der Waals surface area contributed by atoms with Crippen molar-refractivity contribution >= 4 is 5.91 Å². The Balaban J connectivity index is 1.55. The van der Waals surface area contributed by atoms with Crippen molar-refractivity contribution in [2.45, 2.75) is 32.2 Å². The first-order valence-electron chi connectivity index (χ1n) is 8.44. The summed E-state index contributed by atoms with van der Waals surface area (Å²) in [6.07, 6.45) is 6.10. The first kappa shape index (κ1) is 16.5. The van der Waals surface area contributed by atoms with E-state index in [4.69, 9.17) is 4.74 Å². The van der Waals surface area contributed by atoms with Crippen LogP contribution in [0.3, 0.4) is 0 Å². The molecule has 1 aliphatic rings. The molecule has 1 amide bonds. The number of rotatable bonds is 5. The van der Waals surface area contributed by atoms with Crippen LogP contribution in [-0.2, 0) is 11.2 Å². The van der Waals surface area contributed by atoms with Gasteiger partial charge in [0.2, 0.25) is 5.91 Å². The minimum Gasteiger partial charge on any atom is -0.496 e. The smallest absolute Gasteiger partial charge is 0.247 e. The van der Waals surface area contributed by atoms with Crippen LogP contribution in [0.4, 0.5) is 0 Å². The van der Waals surface area contributed by atoms with E-state index in [1.54, 1.807) is 18.1 Å². The molecule has 0 aliphatic carbocycles. The van der Waals surface area contributed by atoms with Crippen LogP contribution >= 0.6 is 0 Å². The second kappa shape index (κ2) is 7.47. The third kappa shape index (κ3) is 3.58. The molecular formula is C18H24N4O2. The molecule has 0 spiro atoms. The van der Waals surface area contributed by atoms with Gasteiger partial charge in [-0.15, -0.1) is 0 Å². The third-order valence-corrected chi connectivity index (χ3v) is 4.82. The van der Waals surface area contributed by atoms with Gasteiger partial charge in [0, 0.05) is 13.1 Å². The molecule has 0 N–H and O–H groups in total. The highest BCUT2D eigenvalue weighted by Gasteiger charge is 2.27. The van der Waals surface area contributed by atoms with Crippen LogP contribution in [0.1, 0.15) is 31.4 Å². The lowest BCUT2D eigenvalue weighted by atomic mass is 9.89. The van der Waals surface area contributed by atoms with E-state index < -0.39 is 0 Å². The molecule has 128 valence electrons. The van der Waals surface area contributed by atoms with Gasteiger partial charge in [-0.05, 0) is 43.7 Å². The highest BCUT2D eigenvalue weighted by atomic mass is 16.5. The Morgan fingerprint density at radius 3 is 2.75 bits per heavy atom. The summed E-state index contributed by atoms with van der Waals surface area (Å²) < 4.78 is 7.05. The van der Waals surface area contributed by atoms with Gasteiger partial charge in [-0.25, -0.2) is 9.67 Å². The van der Waals surface area contributed by atoms with Crippen molar-refractivity contribution in [3.8, 4) is 5.75 Å². The average molecular weight is 328 g/mol. The molecule has 1 aromatic heterocycles. The molecular weight excluding hydrogens is 304 g/mol. The third-order valence-electron chi connectivity index (χ3n) is 4.82. The monoisotopic (exact) mass is 328 g/mol. The van der Waals surface area contributed by atoms with Gasteiger partial charge >= 0.3 is 0 Å². The molecule has 1 atom stereocenters.